The van der Waals surface area contributed by atoms with Crippen molar-refractivity contribution in [2.45, 2.75) is 12.8 Å². The van der Waals surface area contributed by atoms with Gasteiger partial charge in [0, 0.05) is 39.7 Å². The molecule has 0 amide bonds. The lowest BCUT2D eigenvalue weighted by atomic mass is 9.95. The van der Waals surface area contributed by atoms with Crippen LogP contribution in [0.15, 0.2) is 77.9 Å². The van der Waals surface area contributed by atoms with Gasteiger partial charge >= 0.3 is 0 Å². The molecule has 0 radical (unpaired) electrons. The van der Waals surface area contributed by atoms with E-state index >= 15 is 0 Å². The Balaban J connectivity index is 1.58. The van der Waals surface area contributed by atoms with Gasteiger partial charge in [0.05, 0.1) is 23.0 Å². The van der Waals surface area contributed by atoms with E-state index in [1.807, 2.05) is 6.07 Å². The number of nitrogens with zero attached hydrogens (tertiary/aromatic N) is 3. The number of benzene rings is 3. The molecule has 164 valence electrons. The van der Waals surface area contributed by atoms with Gasteiger partial charge in [-0.2, -0.15) is 0 Å². The highest BCUT2D eigenvalue weighted by molar-refractivity contribution is 6.35. The average Bonchev–Trinajstić information content (AvgIpc) is 2.97. The zero-order chi connectivity index (χ0) is 22.9. The van der Waals surface area contributed by atoms with Gasteiger partial charge < -0.3 is 15.5 Å². The van der Waals surface area contributed by atoms with Gasteiger partial charge in [-0.25, -0.2) is 14.4 Å². The van der Waals surface area contributed by atoms with Gasteiger partial charge in [-0.15, -0.1) is 0 Å². The Morgan fingerprint density at radius 2 is 1.70 bits per heavy atom. The van der Waals surface area contributed by atoms with Gasteiger partial charge in [0.15, 0.2) is 6.29 Å². The van der Waals surface area contributed by atoms with Crippen LogP contribution in [-0.4, -0.2) is 25.9 Å². The van der Waals surface area contributed by atoms with Crippen LogP contribution in [0.5, 0.6) is 0 Å². The maximum atomic E-state index is 14.6. The molecule has 3 aromatic carbocycles. The van der Waals surface area contributed by atoms with Crippen molar-refractivity contribution in [3.05, 3.63) is 106 Å². The van der Waals surface area contributed by atoms with Gasteiger partial charge in [0.2, 0.25) is 5.95 Å². The van der Waals surface area contributed by atoms with Gasteiger partial charge in [0.1, 0.15) is 5.82 Å². The molecule has 0 saturated heterocycles. The Labute approximate surface area is 194 Å². The zero-order valence-electron chi connectivity index (χ0n) is 17.2. The predicted octanol–water partition coefficient (Wildman–Crippen LogP) is 5.01. The Morgan fingerprint density at radius 1 is 0.939 bits per heavy atom. The molecule has 5 rings (SSSR count). The lowest BCUT2D eigenvalue weighted by Gasteiger charge is -2.14. The molecular weight excluding hydrogens is 443 g/mol. The fourth-order valence-corrected chi connectivity index (χ4v) is 4.03. The second-order valence-electron chi connectivity index (χ2n) is 7.50. The normalized spacial score (nSPS) is 12.6. The van der Waals surface area contributed by atoms with E-state index in [4.69, 9.17) is 16.6 Å². The molecule has 0 atom stereocenters. The summed E-state index contributed by atoms with van der Waals surface area (Å²) >= 11 is 6.62. The lowest BCUT2D eigenvalue weighted by molar-refractivity contribution is -0.0424. The van der Waals surface area contributed by atoms with E-state index in [1.54, 1.807) is 60.8 Å². The van der Waals surface area contributed by atoms with Crippen LogP contribution in [0.4, 0.5) is 16.0 Å². The summed E-state index contributed by atoms with van der Waals surface area (Å²) in [6.07, 6.45) is 0.141. The van der Waals surface area contributed by atoms with E-state index in [0.29, 0.717) is 50.3 Å². The first kappa shape index (κ1) is 21.2. The molecule has 0 fully saturated rings. The van der Waals surface area contributed by atoms with Crippen LogP contribution >= 0.6 is 11.6 Å². The van der Waals surface area contributed by atoms with Crippen LogP contribution in [0.25, 0.3) is 11.3 Å². The number of rotatable bonds is 4. The van der Waals surface area contributed by atoms with Crippen LogP contribution in [0.1, 0.15) is 28.5 Å². The monoisotopic (exact) mass is 460 g/mol. The molecule has 6 nitrogen and oxygen atoms in total. The minimum atomic E-state index is -1.54. The summed E-state index contributed by atoms with van der Waals surface area (Å²) in [5.41, 5.74) is 4.70. The molecule has 0 bridgehead atoms. The molecule has 1 aliphatic heterocycles. The molecule has 2 heterocycles. The SMILES string of the molecule is OC(O)c1ccc(Nc2ncc3c(n2)-c2c(Cl)cccc2C(c2ccccc2F)=NC3)cc1. The van der Waals surface area contributed by atoms with Gasteiger partial charge in [-0.3, -0.25) is 4.99 Å². The highest BCUT2D eigenvalue weighted by Crippen LogP contribution is 2.37. The van der Waals surface area contributed by atoms with Crippen LogP contribution in [0, 0.1) is 5.82 Å². The Morgan fingerprint density at radius 3 is 2.45 bits per heavy atom. The van der Waals surface area contributed by atoms with Gasteiger partial charge in [-0.1, -0.05) is 48.0 Å². The molecule has 1 aliphatic rings. The molecule has 0 aliphatic carbocycles. The van der Waals surface area contributed by atoms with Crippen LogP contribution < -0.4 is 5.32 Å². The predicted molar refractivity (Wildman–Crippen MR) is 125 cm³/mol. The molecule has 1 aromatic heterocycles. The molecule has 3 N–H and O–H groups in total. The Bertz CT molecular complexity index is 1370. The number of hydrogen-bond acceptors (Lipinski definition) is 6. The summed E-state index contributed by atoms with van der Waals surface area (Å²) < 4.78 is 14.6. The first-order chi connectivity index (χ1) is 16.0. The third-order valence-electron chi connectivity index (χ3n) is 5.37. The molecule has 0 spiro atoms. The van der Waals surface area contributed by atoms with Gasteiger partial charge in [0.25, 0.3) is 0 Å². The fourth-order valence-electron chi connectivity index (χ4n) is 3.76. The van der Waals surface area contributed by atoms with E-state index in [0.717, 1.165) is 5.56 Å². The second-order valence-corrected chi connectivity index (χ2v) is 7.90. The topological polar surface area (TPSA) is 90.6 Å². The highest BCUT2D eigenvalue weighted by Gasteiger charge is 2.24. The summed E-state index contributed by atoms with van der Waals surface area (Å²) in [5, 5.41) is 22.1. The number of aliphatic hydroxyl groups excluding tert-OH is 1. The standard InChI is InChI=1S/C25H18ClFN4O2/c26-19-6-3-5-18-21(19)22-15(12-28-23(18)17-4-1-2-7-20(17)27)13-29-25(31-22)30-16-10-8-14(9-11-16)24(32)33/h1-11,13,24,32-33H,12H2,(H,29,30,31). The highest BCUT2D eigenvalue weighted by atomic mass is 35.5. The maximum Gasteiger partial charge on any atom is 0.227 e. The number of hydrogen-bond donors (Lipinski definition) is 3. The second kappa shape index (κ2) is 8.71. The fraction of sp³-hybridized carbons (Fsp3) is 0.0800. The summed E-state index contributed by atoms with van der Waals surface area (Å²) in [4.78, 5) is 13.8. The molecule has 33 heavy (non-hydrogen) atoms. The van der Waals surface area contributed by atoms with E-state index in [2.05, 4.69) is 15.3 Å². The molecular formula is C25H18ClFN4O2. The van der Waals surface area contributed by atoms with E-state index < -0.39 is 6.29 Å². The minimum absolute atomic E-state index is 0.271. The van der Waals surface area contributed by atoms with Crippen molar-refractivity contribution in [2.24, 2.45) is 4.99 Å². The van der Waals surface area contributed by atoms with E-state index in [-0.39, 0.29) is 12.4 Å². The third kappa shape index (κ3) is 4.09. The van der Waals surface area contributed by atoms with Crippen LogP contribution in [0.3, 0.4) is 0 Å². The molecule has 4 aromatic rings. The van der Waals surface area contributed by atoms with Crippen molar-refractivity contribution in [1.29, 1.82) is 0 Å². The van der Waals surface area contributed by atoms with E-state index in [1.165, 1.54) is 6.07 Å². The first-order valence-corrected chi connectivity index (χ1v) is 10.6. The Hall–Kier alpha value is -3.65. The summed E-state index contributed by atoms with van der Waals surface area (Å²) in [6.45, 7) is 0.271. The Kier molecular flexibility index (Phi) is 5.60. The number of nitrogens with one attached hydrogen (secondary N) is 1. The molecule has 0 unspecified atom stereocenters. The third-order valence-corrected chi connectivity index (χ3v) is 5.69. The lowest BCUT2D eigenvalue weighted by Crippen LogP contribution is -2.07. The van der Waals surface area contributed by atoms with Crippen LogP contribution in [-0.2, 0) is 6.54 Å². The number of halogens is 2. The summed E-state index contributed by atoms with van der Waals surface area (Å²) in [5.74, 6) is -0.0238. The van der Waals surface area contributed by atoms with Crippen molar-refractivity contribution in [3.8, 4) is 11.3 Å². The zero-order valence-corrected chi connectivity index (χ0v) is 18.0. The largest absolute Gasteiger partial charge is 0.364 e. The van der Waals surface area contributed by atoms with Crippen molar-refractivity contribution in [2.75, 3.05) is 5.32 Å². The number of aliphatic imine (C=N–C) groups is 1. The first-order valence-electron chi connectivity index (χ1n) is 10.2. The molecule has 0 saturated carbocycles. The van der Waals surface area contributed by atoms with Crippen molar-refractivity contribution < 1.29 is 14.6 Å². The molecule has 8 heteroatoms. The van der Waals surface area contributed by atoms with E-state index in [9.17, 15) is 14.6 Å². The maximum absolute atomic E-state index is 14.6. The van der Waals surface area contributed by atoms with Crippen molar-refractivity contribution in [3.63, 3.8) is 0 Å². The van der Waals surface area contributed by atoms with Gasteiger partial charge in [-0.05, 0) is 30.3 Å². The minimum Gasteiger partial charge on any atom is -0.364 e. The number of aliphatic hydroxyl groups is 2. The number of aromatic nitrogens is 2. The van der Waals surface area contributed by atoms with Crippen LogP contribution in [0.2, 0.25) is 5.02 Å². The number of fused-ring (bicyclic) bond motifs is 3. The summed E-state index contributed by atoms with van der Waals surface area (Å²) in [7, 11) is 0. The smallest absolute Gasteiger partial charge is 0.227 e. The quantitative estimate of drug-likeness (QED) is 0.372. The van der Waals surface area contributed by atoms with Crippen molar-refractivity contribution in [1.82, 2.24) is 9.97 Å². The van der Waals surface area contributed by atoms with Crippen molar-refractivity contribution >= 4 is 28.9 Å². The summed E-state index contributed by atoms with van der Waals surface area (Å²) in [6, 6.07) is 18.5. The average molecular weight is 461 g/mol. The number of anilines is 2.